The van der Waals surface area contributed by atoms with E-state index in [1.807, 2.05) is 13.0 Å². The number of unbranched alkanes of at least 4 members (excludes halogenated alkanes) is 4. The van der Waals surface area contributed by atoms with Gasteiger partial charge in [-0.3, -0.25) is 0 Å². The minimum Gasteiger partial charge on any atom is -0.323 e. The molecule has 1 heterocycles. The molecule has 0 aromatic carbocycles. The van der Waals surface area contributed by atoms with Gasteiger partial charge in [-0.05, 0) is 19.4 Å². The van der Waals surface area contributed by atoms with Crippen molar-refractivity contribution in [3.05, 3.63) is 23.8 Å². The monoisotopic (exact) mass is 221 g/mol. The highest BCUT2D eigenvalue weighted by Gasteiger charge is 2.07. The minimum atomic E-state index is 0.0725. The van der Waals surface area contributed by atoms with Gasteiger partial charge in [0.05, 0.1) is 5.69 Å². The molecule has 0 fully saturated rings. The van der Waals surface area contributed by atoms with Crippen LogP contribution < -0.4 is 5.73 Å². The molecule has 0 spiro atoms. The Kier molecular flexibility index (Phi) is 6.01. The SMILES string of the molecule is CCCCCCCC(N)c1ccnc(C)n1. The molecule has 2 N–H and O–H groups in total. The van der Waals surface area contributed by atoms with Crippen molar-refractivity contribution in [3.63, 3.8) is 0 Å². The van der Waals surface area contributed by atoms with Crippen LogP contribution in [0.2, 0.25) is 0 Å². The largest absolute Gasteiger partial charge is 0.323 e. The second-order valence-electron chi connectivity index (χ2n) is 4.34. The maximum atomic E-state index is 6.09. The van der Waals surface area contributed by atoms with Crippen molar-refractivity contribution in [2.24, 2.45) is 5.73 Å². The summed E-state index contributed by atoms with van der Waals surface area (Å²) in [5.74, 6) is 0.805. The fraction of sp³-hybridized carbons (Fsp3) is 0.692. The van der Waals surface area contributed by atoms with E-state index in [0.29, 0.717) is 0 Å². The van der Waals surface area contributed by atoms with Gasteiger partial charge in [0.25, 0.3) is 0 Å². The second kappa shape index (κ2) is 7.34. The summed E-state index contributed by atoms with van der Waals surface area (Å²) >= 11 is 0. The lowest BCUT2D eigenvalue weighted by Crippen LogP contribution is -2.12. The molecule has 0 saturated heterocycles. The fourth-order valence-corrected chi connectivity index (χ4v) is 1.80. The van der Waals surface area contributed by atoms with Crippen molar-refractivity contribution >= 4 is 0 Å². The predicted octanol–water partition coefficient (Wildman–Crippen LogP) is 3.15. The molecule has 3 heteroatoms. The second-order valence-corrected chi connectivity index (χ2v) is 4.34. The minimum absolute atomic E-state index is 0.0725. The Labute approximate surface area is 98.5 Å². The van der Waals surface area contributed by atoms with Gasteiger partial charge >= 0.3 is 0 Å². The summed E-state index contributed by atoms with van der Waals surface area (Å²) in [6.45, 7) is 4.13. The molecule has 0 aliphatic carbocycles. The number of aryl methyl sites for hydroxylation is 1. The van der Waals surface area contributed by atoms with E-state index in [9.17, 15) is 0 Å². The molecule has 1 unspecified atom stereocenters. The molecule has 3 nitrogen and oxygen atoms in total. The third kappa shape index (κ3) is 4.71. The lowest BCUT2D eigenvalue weighted by atomic mass is 10.0. The quantitative estimate of drug-likeness (QED) is 0.720. The van der Waals surface area contributed by atoms with Gasteiger partial charge in [0.15, 0.2) is 0 Å². The van der Waals surface area contributed by atoms with E-state index < -0.39 is 0 Å². The summed E-state index contributed by atoms with van der Waals surface area (Å²) in [6.07, 6.45) is 9.25. The highest BCUT2D eigenvalue weighted by atomic mass is 14.9. The Hall–Kier alpha value is -0.960. The van der Waals surface area contributed by atoms with Crippen LogP contribution >= 0.6 is 0 Å². The molecular formula is C13H23N3. The molecule has 1 aromatic rings. The van der Waals surface area contributed by atoms with E-state index >= 15 is 0 Å². The normalized spacial score (nSPS) is 12.7. The summed E-state index contributed by atoms with van der Waals surface area (Å²) in [5, 5.41) is 0. The van der Waals surface area contributed by atoms with Crippen LogP contribution in [-0.4, -0.2) is 9.97 Å². The molecule has 1 rings (SSSR count). The smallest absolute Gasteiger partial charge is 0.125 e. The molecule has 90 valence electrons. The number of aromatic nitrogens is 2. The van der Waals surface area contributed by atoms with Gasteiger partial charge in [0.2, 0.25) is 0 Å². The van der Waals surface area contributed by atoms with Gasteiger partial charge < -0.3 is 5.73 Å². The van der Waals surface area contributed by atoms with E-state index in [-0.39, 0.29) is 6.04 Å². The standard InChI is InChI=1S/C13H23N3/c1-3-4-5-6-7-8-12(14)13-9-10-15-11(2)16-13/h9-10,12H,3-8,14H2,1-2H3. The van der Waals surface area contributed by atoms with E-state index in [1.165, 1.54) is 32.1 Å². The number of rotatable bonds is 7. The molecule has 0 amide bonds. The molecule has 1 atom stereocenters. The lowest BCUT2D eigenvalue weighted by molar-refractivity contribution is 0.546. The van der Waals surface area contributed by atoms with Crippen molar-refractivity contribution in [2.45, 2.75) is 58.4 Å². The Morgan fingerprint density at radius 3 is 2.69 bits per heavy atom. The third-order valence-corrected chi connectivity index (χ3v) is 2.80. The van der Waals surface area contributed by atoms with Crippen molar-refractivity contribution in [1.82, 2.24) is 9.97 Å². The van der Waals surface area contributed by atoms with Crippen LogP contribution in [0.5, 0.6) is 0 Å². The van der Waals surface area contributed by atoms with Crippen molar-refractivity contribution in [1.29, 1.82) is 0 Å². The summed E-state index contributed by atoms with van der Waals surface area (Å²) in [4.78, 5) is 8.43. The van der Waals surface area contributed by atoms with Crippen molar-refractivity contribution in [3.8, 4) is 0 Å². The van der Waals surface area contributed by atoms with E-state index in [2.05, 4.69) is 16.9 Å². The van der Waals surface area contributed by atoms with Gasteiger partial charge in [-0.25, -0.2) is 9.97 Å². The van der Waals surface area contributed by atoms with Crippen LogP contribution in [0.1, 0.15) is 63.0 Å². The third-order valence-electron chi connectivity index (χ3n) is 2.80. The van der Waals surface area contributed by atoms with Crippen LogP contribution in [-0.2, 0) is 0 Å². The molecule has 0 bridgehead atoms. The topological polar surface area (TPSA) is 51.8 Å². The molecule has 0 saturated carbocycles. The van der Waals surface area contributed by atoms with Gasteiger partial charge in [0.1, 0.15) is 5.82 Å². The van der Waals surface area contributed by atoms with E-state index in [1.54, 1.807) is 6.20 Å². The maximum absolute atomic E-state index is 6.09. The zero-order chi connectivity index (χ0) is 11.8. The van der Waals surface area contributed by atoms with Crippen molar-refractivity contribution in [2.75, 3.05) is 0 Å². The number of hydrogen-bond acceptors (Lipinski definition) is 3. The predicted molar refractivity (Wildman–Crippen MR) is 67.1 cm³/mol. The first kappa shape index (κ1) is 13.1. The Bertz CT molecular complexity index is 299. The van der Waals surface area contributed by atoms with Crippen LogP contribution in [0.25, 0.3) is 0 Å². The molecule has 1 aromatic heterocycles. The number of hydrogen-bond donors (Lipinski definition) is 1. The average molecular weight is 221 g/mol. The summed E-state index contributed by atoms with van der Waals surface area (Å²) < 4.78 is 0. The van der Waals surface area contributed by atoms with Gasteiger partial charge in [-0.15, -0.1) is 0 Å². The maximum Gasteiger partial charge on any atom is 0.125 e. The summed E-state index contributed by atoms with van der Waals surface area (Å²) in [5.41, 5.74) is 7.06. The van der Waals surface area contributed by atoms with Gasteiger partial charge in [0, 0.05) is 12.2 Å². The Morgan fingerprint density at radius 1 is 1.25 bits per heavy atom. The number of nitrogens with zero attached hydrogens (tertiary/aromatic N) is 2. The van der Waals surface area contributed by atoms with Crippen LogP contribution in [0.15, 0.2) is 12.3 Å². The molecule has 0 radical (unpaired) electrons. The molecular weight excluding hydrogens is 198 g/mol. The van der Waals surface area contributed by atoms with Crippen LogP contribution in [0, 0.1) is 6.92 Å². The lowest BCUT2D eigenvalue weighted by Gasteiger charge is -2.10. The highest BCUT2D eigenvalue weighted by Crippen LogP contribution is 2.15. The van der Waals surface area contributed by atoms with E-state index in [0.717, 1.165) is 17.9 Å². The zero-order valence-corrected chi connectivity index (χ0v) is 10.4. The zero-order valence-electron chi connectivity index (χ0n) is 10.4. The van der Waals surface area contributed by atoms with Gasteiger partial charge in [-0.2, -0.15) is 0 Å². The van der Waals surface area contributed by atoms with Crippen LogP contribution in [0.3, 0.4) is 0 Å². The fourth-order valence-electron chi connectivity index (χ4n) is 1.80. The summed E-state index contributed by atoms with van der Waals surface area (Å²) in [6, 6.07) is 1.99. The highest BCUT2D eigenvalue weighted by molar-refractivity contribution is 5.06. The first-order valence-electron chi connectivity index (χ1n) is 6.29. The Balaban J connectivity index is 2.27. The summed E-state index contributed by atoms with van der Waals surface area (Å²) in [7, 11) is 0. The first-order valence-corrected chi connectivity index (χ1v) is 6.29. The van der Waals surface area contributed by atoms with Gasteiger partial charge in [-0.1, -0.05) is 39.0 Å². The molecule has 0 aliphatic heterocycles. The van der Waals surface area contributed by atoms with Crippen LogP contribution in [0.4, 0.5) is 0 Å². The number of nitrogens with two attached hydrogens (primary N) is 1. The van der Waals surface area contributed by atoms with Crippen molar-refractivity contribution < 1.29 is 0 Å². The Morgan fingerprint density at radius 2 is 2.00 bits per heavy atom. The molecule has 0 aliphatic rings. The average Bonchev–Trinajstić information content (AvgIpc) is 2.28. The molecule has 16 heavy (non-hydrogen) atoms. The van der Waals surface area contributed by atoms with E-state index in [4.69, 9.17) is 5.73 Å². The first-order chi connectivity index (χ1) is 7.74.